The maximum atomic E-state index is 11.7. The van der Waals surface area contributed by atoms with Crippen molar-refractivity contribution in [2.24, 2.45) is 0 Å². The van der Waals surface area contributed by atoms with Gasteiger partial charge < -0.3 is 10.1 Å². The Balaban J connectivity index is 1.63. The lowest BCUT2D eigenvalue weighted by Crippen LogP contribution is -2.14. The van der Waals surface area contributed by atoms with Crippen LogP contribution < -0.4 is 10.6 Å². The molecule has 0 aliphatic heterocycles. The van der Waals surface area contributed by atoms with Gasteiger partial charge in [-0.2, -0.15) is 0 Å². The quantitative estimate of drug-likeness (QED) is 0.749. The Morgan fingerprint density at radius 1 is 0.875 bits per heavy atom. The molecule has 2 aromatic carbocycles. The molecule has 24 heavy (non-hydrogen) atoms. The minimum Gasteiger partial charge on any atom is -0.449 e. The summed E-state index contributed by atoms with van der Waals surface area (Å²) in [5, 5.41) is 5.32. The van der Waals surface area contributed by atoms with Gasteiger partial charge in [0.2, 0.25) is 5.91 Å². The number of unbranched alkanes of at least 4 members (excludes halogenated alkanes) is 1. The molecular formula is C19H22N2O3. The third kappa shape index (κ3) is 6.52. The highest BCUT2D eigenvalue weighted by atomic mass is 16.5. The van der Waals surface area contributed by atoms with E-state index in [0.717, 1.165) is 19.3 Å². The number of anilines is 2. The van der Waals surface area contributed by atoms with Gasteiger partial charge in [0.05, 0.1) is 6.61 Å². The molecule has 0 radical (unpaired) electrons. The molecule has 2 N–H and O–H groups in total. The third-order valence-corrected chi connectivity index (χ3v) is 3.39. The van der Waals surface area contributed by atoms with E-state index in [-0.39, 0.29) is 5.91 Å². The summed E-state index contributed by atoms with van der Waals surface area (Å²) in [4.78, 5) is 22.6. The molecule has 0 fully saturated rings. The Morgan fingerprint density at radius 2 is 1.50 bits per heavy atom. The van der Waals surface area contributed by atoms with Gasteiger partial charge in [0.1, 0.15) is 0 Å². The number of rotatable bonds is 7. The molecule has 2 amide bonds. The Hall–Kier alpha value is -2.82. The van der Waals surface area contributed by atoms with E-state index in [1.54, 1.807) is 24.3 Å². The van der Waals surface area contributed by atoms with E-state index in [0.29, 0.717) is 18.0 Å². The zero-order chi connectivity index (χ0) is 17.2. The van der Waals surface area contributed by atoms with Crippen LogP contribution in [0.5, 0.6) is 0 Å². The lowest BCUT2D eigenvalue weighted by molar-refractivity contribution is -0.114. The highest BCUT2D eigenvalue weighted by Crippen LogP contribution is 2.13. The van der Waals surface area contributed by atoms with Gasteiger partial charge in [-0.25, -0.2) is 4.79 Å². The molecule has 0 aliphatic carbocycles. The third-order valence-electron chi connectivity index (χ3n) is 3.39. The van der Waals surface area contributed by atoms with Gasteiger partial charge in [0.15, 0.2) is 0 Å². The molecule has 0 unspecified atom stereocenters. The predicted molar refractivity (Wildman–Crippen MR) is 95.1 cm³/mol. The minimum atomic E-state index is -0.470. The van der Waals surface area contributed by atoms with Gasteiger partial charge in [0, 0.05) is 18.3 Å². The van der Waals surface area contributed by atoms with Crippen molar-refractivity contribution in [2.75, 3.05) is 17.2 Å². The molecule has 0 atom stereocenters. The van der Waals surface area contributed by atoms with Crippen LogP contribution in [0.4, 0.5) is 16.2 Å². The molecule has 5 nitrogen and oxygen atoms in total. The maximum absolute atomic E-state index is 11.7. The van der Waals surface area contributed by atoms with Crippen LogP contribution in [0.25, 0.3) is 0 Å². The predicted octanol–water partition coefficient (Wildman–Crippen LogP) is 4.22. The SMILES string of the molecule is CC(=O)Nc1ccc(NC(=O)OCCCCc2ccccc2)cc1. The zero-order valence-corrected chi connectivity index (χ0v) is 13.7. The second-order valence-corrected chi connectivity index (χ2v) is 5.46. The van der Waals surface area contributed by atoms with E-state index in [4.69, 9.17) is 4.74 Å². The Morgan fingerprint density at radius 3 is 2.12 bits per heavy atom. The second kappa shape index (κ2) is 9.35. The van der Waals surface area contributed by atoms with Crippen molar-refractivity contribution >= 4 is 23.4 Å². The summed E-state index contributed by atoms with van der Waals surface area (Å²) in [5.74, 6) is -0.134. The molecule has 0 aromatic heterocycles. The fraction of sp³-hybridized carbons (Fsp3) is 0.263. The maximum Gasteiger partial charge on any atom is 0.411 e. The van der Waals surface area contributed by atoms with E-state index in [2.05, 4.69) is 22.8 Å². The Kier molecular flexibility index (Phi) is 6.83. The van der Waals surface area contributed by atoms with E-state index >= 15 is 0 Å². The van der Waals surface area contributed by atoms with Crippen molar-refractivity contribution < 1.29 is 14.3 Å². The first kappa shape index (κ1) is 17.5. The van der Waals surface area contributed by atoms with Gasteiger partial charge in [-0.05, 0) is 49.1 Å². The van der Waals surface area contributed by atoms with Crippen LogP contribution in [0.3, 0.4) is 0 Å². The largest absolute Gasteiger partial charge is 0.449 e. The van der Waals surface area contributed by atoms with Crippen LogP contribution >= 0.6 is 0 Å². The number of ether oxygens (including phenoxy) is 1. The average molecular weight is 326 g/mol. The Bertz CT molecular complexity index is 654. The first-order chi connectivity index (χ1) is 11.6. The van der Waals surface area contributed by atoms with Crippen LogP contribution in [0.1, 0.15) is 25.3 Å². The monoisotopic (exact) mass is 326 g/mol. The summed E-state index contributed by atoms with van der Waals surface area (Å²) in [6.45, 7) is 1.84. The van der Waals surface area contributed by atoms with Gasteiger partial charge in [0.25, 0.3) is 0 Å². The van der Waals surface area contributed by atoms with Crippen molar-refractivity contribution in [2.45, 2.75) is 26.2 Å². The number of carbonyl (C=O) groups is 2. The summed E-state index contributed by atoms with van der Waals surface area (Å²) in [6, 6.07) is 17.1. The van der Waals surface area contributed by atoms with Crippen LogP contribution in [0.15, 0.2) is 54.6 Å². The van der Waals surface area contributed by atoms with E-state index in [1.165, 1.54) is 12.5 Å². The molecular weight excluding hydrogens is 304 g/mol. The van der Waals surface area contributed by atoms with E-state index in [9.17, 15) is 9.59 Å². The summed E-state index contributed by atoms with van der Waals surface area (Å²) < 4.78 is 5.16. The van der Waals surface area contributed by atoms with Gasteiger partial charge in [-0.1, -0.05) is 30.3 Å². The molecule has 0 heterocycles. The standard InChI is InChI=1S/C19H22N2O3/c1-15(22)20-17-10-12-18(13-11-17)21-19(23)24-14-6-5-9-16-7-3-2-4-8-16/h2-4,7-8,10-13H,5-6,9,14H2,1H3,(H,20,22)(H,21,23). The molecule has 0 aliphatic rings. The molecule has 0 saturated heterocycles. The van der Waals surface area contributed by atoms with Crippen LogP contribution in [0.2, 0.25) is 0 Å². The topological polar surface area (TPSA) is 67.4 Å². The van der Waals surface area contributed by atoms with E-state index < -0.39 is 6.09 Å². The molecule has 5 heteroatoms. The number of aryl methyl sites for hydroxylation is 1. The molecule has 0 saturated carbocycles. The molecule has 2 rings (SSSR count). The van der Waals surface area contributed by atoms with Crippen molar-refractivity contribution in [3.8, 4) is 0 Å². The van der Waals surface area contributed by atoms with E-state index in [1.807, 2.05) is 18.2 Å². The number of amides is 2. The van der Waals surface area contributed by atoms with Crippen LogP contribution in [-0.4, -0.2) is 18.6 Å². The average Bonchev–Trinajstić information content (AvgIpc) is 2.57. The number of hydrogen-bond donors (Lipinski definition) is 2. The van der Waals surface area contributed by atoms with Gasteiger partial charge in [-0.15, -0.1) is 0 Å². The number of nitrogens with one attached hydrogen (secondary N) is 2. The molecule has 2 aromatic rings. The highest BCUT2D eigenvalue weighted by Gasteiger charge is 2.03. The summed E-state index contributed by atoms with van der Waals surface area (Å²) in [7, 11) is 0. The van der Waals surface area contributed by atoms with Crippen LogP contribution in [-0.2, 0) is 16.0 Å². The first-order valence-electron chi connectivity index (χ1n) is 7.99. The van der Waals surface area contributed by atoms with Gasteiger partial charge in [-0.3, -0.25) is 10.1 Å². The fourth-order valence-corrected chi connectivity index (χ4v) is 2.23. The molecule has 0 bridgehead atoms. The van der Waals surface area contributed by atoms with Crippen molar-refractivity contribution in [1.82, 2.24) is 0 Å². The lowest BCUT2D eigenvalue weighted by Gasteiger charge is -2.08. The molecule has 0 spiro atoms. The Labute approximate surface area is 142 Å². The second-order valence-electron chi connectivity index (χ2n) is 5.46. The first-order valence-corrected chi connectivity index (χ1v) is 7.99. The van der Waals surface area contributed by atoms with Crippen molar-refractivity contribution in [3.05, 3.63) is 60.2 Å². The van der Waals surface area contributed by atoms with Gasteiger partial charge >= 0.3 is 6.09 Å². The minimum absolute atomic E-state index is 0.134. The van der Waals surface area contributed by atoms with Crippen LogP contribution in [0, 0.1) is 0 Å². The lowest BCUT2D eigenvalue weighted by atomic mass is 10.1. The normalized spacial score (nSPS) is 10.0. The zero-order valence-electron chi connectivity index (χ0n) is 13.7. The highest BCUT2D eigenvalue weighted by molar-refractivity contribution is 5.89. The summed E-state index contributed by atoms with van der Waals surface area (Å²) in [5.41, 5.74) is 2.60. The van der Waals surface area contributed by atoms with Crippen molar-refractivity contribution in [1.29, 1.82) is 0 Å². The smallest absolute Gasteiger partial charge is 0.411 e. The summed E-state index contributed by atoms with van der Waals surface area (Å²) >= 11 is 0. The number of hydrogen-bond acceptors (Lipinski definition) is 3. The number of benzene rings is 2. The molecule has 126 valence electrons. The number of carbonyl (C=O) groups excluding carboxylic acids is 2. The fourth-order valence-electron chi connectivity index (χ4n) is 2.23. The summed E-state index contributed by atoms with van der Waals surface area (Å²) in [6.07, 6.45) is 2.31. The van der Waals surface area contributed by atoms with Crippen molar-refractivity contribution in [3.63, 3.8) is 0 Å².